The fraction of sp³-hybridized carbons (Fsp3) is 0.364. The van der Waals surface area contributed by atoms with Gasteiger partial charge in [0.1, 0.15) is 5.69 Å². The topological polar surface area (TPSA) is 115 Å². The standard InChI is InChI=1S/C11H15N3O4S/c1-2-19(18)6-5-13-11(15)8-3-4-10(14(16)17)9(12)7-8/h3-4,7H,2,5-6,12H2,1H3,(H,13,15). The molecule has 0 saturated heterocycles. The molecule has 0 aliphatic rings. The van der Waals surface area contributed by atoms with Crippen LogP contribution in [0.5, 0.6) is 0 Å². The van der Waals surface area contributed by atoms with Crippen molar-refractivity contribution < 1.29 is 13.9 Å². The van der Waals surface area contributed by atoms with Gasteiger partial charge in [-0.15, -0.1) is 0 Å². The highest BCUT2D eigenvalue weighted by Gasteiger charge is 2.14. The molecule has 1 amide bonds. The monoisotopic (exact) mass is 285 g/mol. The van der Waals surface area contributed by atoms with Crippen LogP contribution < -0.4 is 11.1 Å². The summed E-state index contributed by atoms with van der Waals surface area (Å²) in [7, 11) is -0.943. The highest BCUT2D eigenvalue weighted by Crippen LogP contribution is 2.21. The van der Waals surface area contributed by atoms with E-state index in [0.29, 0.717) is 11.5 Å². The molecule has 104 valence electrons. The van der Waals surface area contributed by atoms with Gasteiger partial charge in [-0.2, -0.15) is 0 Å². The molecule has 0 bridgehead atoms. The summed E-state index contributed by atoms with van der Waals surface area (Å²) in [4.78, 5) is 21.7. The Morgan fingerprint density at radius 1 is 1.53 bits per heavy atom. The molecule has 1 unspecified atom stereocenters. The van der Waals surface area contributed by atoms with Gasteiger partial charge in [0.15, 0.2) is 0 Å². The van der Waals surface area contributed by atoms with Gasteiger partial charge in [-0.1, -0.05) is 6.92 Å². The summed E-state index contributed by atoms with van der Waals surface area (Å²) in [5.74, 6) is 0.528. The highest BCUT2D eigenvalue weighted by molar-refractivity contribution is 7.84. The van der Waals surface area contributed by atoms with Crippen LogP contribution >= 0.6 is 0 Å². The van der Waals surface area contributed by atoms with Crippen LogP contribution in [0.1, 0.15) is 17.3 Å². The van der Waals surface area contributed by atoms with Crippen LogP contribution in [-0.2, 0) is 10.8 Å². The molecule has 0 saturated carbocycles. The van der Waals surface area contributed by atoms with Crippen molar-refractivity contribution in [3.05, 3.63) is 33.9 Å². The molecule has 0 heterocycles. The average molecular weight is 285 g/mol. The third-order valence-electron chi connectivity index (χ3n) is 2.42. The Bertz CT molecular complexity index is 519. The number of hydrogen-bond acceptors (Lipinski definition) is 5. The van der Waals surface area contributed by atoms with E-state index in [0.717, 1.165) is 0 Å². The zero-order valence-electron chi connectivity index (χ0n) is 10.4. The summed E-state index contributed by atoms with van der Waals surface area (Å²) < 4.78 is 11.2. The Morgan fingerprint density at radius 2 is 2.21 bits per heavy atom. The number of anilines is 1. The summed E-state index contributed by atoms with van der Waals surface area (Å²) in [5.41, 5.74) is 5.44. The number of carbonyl (C=O) groups excluding carboxylic acids is 1. The number of nitrogens with zero attached hydrogens (tertiary/aromatic N) is 1. The summed E-state index contributed by atoms with van der Waals surface area (Å²) in [5, 5.41) is 13.2. The third-order valence-corrected chi connectivity index (χ3v) is 3.73. The van der Waals surface area contributed by atoms with Crippen molar-refractivity contribution in [2.24, 2.45) is 0 Å². The Hall–Kier alpha value is -1.96. The first-order valence-corrected chi connectivity index (χ1v) is 7.11. The summed E-state index contributed by atoms with van der Waals surface area (Å²) in [6.07, 6.45) is 0. The Morgan fingerprint density at radius 3 is 2.74 bits per heavy atom. The number of benzene rings is 1. The van der Waals surface area contributed by atoms with Gasteiger partial charge >= 0.3 is 0 Å². The van der Waals surface area contributed by atoms with Crippen LogP contribution in [0.15, 0.2) is 18.2 Å². The number of carbonyl (C=O) groups is 1. The van der Waals surface area contributed by atoms with Crippen LogP contribution in [0, 0.1) is 10.1 Å². The van der Waals surface area contributed by atoms with Crippen LogP contribution in [-0.4, -0.2) is 33.1 Å². The predicted molar refractivity (Wildman–Crippen MR) is 73.4 cm³/mol. The van der Waals surface area contributed by atoms with Gasteiger partial charge in [0.25, 0.3) is 11.6 Å². The maximum Gasteiger partial charge on any atom is 0.292 e. The van der Waals surface area contributed by atoms with Crippen LogP contribution in [0.25, 0.3) is 0 Å². The fourth-order valence-corrected chi connectivity index (χ4v) is 2.01. The van der Waals surface area contributed by atoms with E-state index >= 15 is 0 Å². The molecule has 0 spiro atoms. The molecule has 7 nitrogen and oxygen atoms in total. The summed E-state index contributed by atoms with van der Waals surface area (Å²) in [6.45, 7) is 2.09. The number of hydrogen-bond donors (Lipinski definition) is 2. The molecule has 19 heavy (non-hydrogen) atoms. The van der Waals surface area contributed by atoms with Crippen molar-refractivity contribution in [2.75, 3.05) is 23.8 Å². The lowest BCUT2D eigenvalue weighted by Crippen LogP contribution is -2.28. The Balaban J connectivity index is 2.65. The molecular weight excluding hydrogens is 270 g/mol. The first kappa shape index (κ1) is 15.1. The van der Waals surface area contributed by atoms with Crippen molar-refractivity contribution in [1.82, 2.24) is 5.32 Å². The third kappa shape index (κ3) is 4.32. The Kier molecular flexibility index (Phi) is 5.43. The minimum atomic E-state index is -0.943. The van der Waals surface area contributed by atoms with E-state index in [9.17, 15) is 19.1 Å². The van der Waals surface area contributed by atoms with Gasteiger partial charge in [0.2, 0.25) is 0 Å². The predicted octanol–water partition coefficient (Wildman–Crippen LogP) is 0.675. The normalized spacial score (nSPS) is 11.8. The summed E-state index contributed by atoms with van der Waals surface area (Å²) >= 11 is 0. The van der Waals surface area contributed by atoms with Crippen molar-refractivity contribution in [3.8, 4) is 0 Å². The van der Waals surface area contributed by atoms with Gasteiger partial charge in [-0.25, -0.2) is 0 Å². The van der Waals surface area contributed by atoms with E-state index in [1.54, 1.807) is 6.92 Å². The quantitative estimate of drug-likeness (QED) is 0.453. The van der Waals surface area contributed by atoms with Gasteiger partial charge in [-0.05, 0) is 12.1 Å². The lowest BCUT2D eigenvalue weighted by Gasteiger charge is -2.05. The van der Waals surface area contributed by atoms with E-state index in [1.807, 2.05) is 0 Å². The number of rotatable bonds is 6. The van der Waals surface area contributed by atoms with Gasteiger partial charge in [-0.3, -0.25) is 19.1 Å². The average Bonchev–Trinajstić information content (AvgIpc) is 2.37. The first-order chi connectivity index (χ1) is 8.95. The molecule has 3 N–H and O–H groups in total. The van der Waals surface area contributed by atoms with Gasteiger partial charge < -0.3 is 11.1 Å². The van der Waals surface area contributed by atoms with Crippen molar-refractivity contribution in [1.29, 1.82) is 0 Å². The number of nitro groups is 1. The minimum Gasteiger partial charge on any atom is -0.393 e. The van der Waals surface area contributed by atoms with E-state index in [4.69, 9.17) is 5.73 Å². The molecule has 0 radical (unpaired) electrons. The van der Waals surface area contributed by atoms with Gasteiger partial charge in [0.05, 0.1) is 4.92 Å². The van der Waals surface area contributed by atoms with E-state index in [1.165, 1.54) is 18.2 Å². The molecule has 0 aromatic heterocycles. The molecule has 1 atom stereocenters. The van der Waals surface area contributed by atoms with Crippen molar-refractivity contribution >= 4 is 28.1 Å². The smallest absolute Gasteiger partial charge is 0.292 e. The second-order valence-electron chi connectivity index (χ2n) is 3.72. The van der Waals surface area contributed by atoms with E-state index in [2.05, 4.69) is 5.32 Å². The zero-order valence-corrected chi connectivity index (χ0v) is 11.2. The van der Waals surface area contributed by atoms with Crippen LogP contribution in [0.3, 0.4) is 0 Å². The number of nitro benzene ring substituents is 1. The maximum atomic E-state index is 11.7. The summed E-state index contributed by atoms with van der Waals surface area (Å²) in [6, 6.07) is 3.78. The minimum absolute atomic E-state index is 0.0604. The number of nitrogens with two attached hydrogens (primary N) is 1. The number of nitrogen functional groups attached to an aromatic ring is 1. The molecule has 0 fully saturated rings. The highest BCUT2D eigenvalue weighted by atomic mass is 32.2. The fourth-order valence-electron chi connectivity index (χ4n) is 1.39. The molecule has 8 heteroatoms. The number of nitrogens with one attached hydrogen (secondary N) is 1. The van der Waals surface area contributed by atoms with E-state index in [-0.39, 0.29) is 23.5 Å². The molecule has 1 aromatic rings. The molecule has 1 rings (SSSR count). The largest absolute Gasteiger partial charge is 0.393 e. The van der Waals surface area contributed by atoms with Crippen molar-refractivity contribution in [2.45, 2.75) is 6.92 Å². The molecule has 0 aliphatic heterocycles. The SMILES string of the molecule is CCS(=O)CCNC(=O)c1ccc([N+](=O)[O-])c(N)c1. The maximum absolute atomic E-state index is 11.7. The van der Waals surface area contributed by atoms with Crippen LogP contribution in [0.4, 0.5) is 11.4 Å². The second-order valence-corrected chi connectivity index (χ2v) is 5.58. The van der Waals surface area contributed by atoms with Crippen LogP contribution in [0.2, 0.25) is 0 Å². The molecule has 0 aliphatic carbocycles. The number of amides is 1. The molecule has 1 aromatic carbocycles. The second kappa shape index (κ2) is 6.83. The molecular formula is C11H15N3O4S. The van der Waals surface area contributed by atoms with Gasteiger partial charge in [0, 0.05) is 40.5 Å². The van der Waals surface area contributed by atoms with Crippen molar-refractivity contribution in [3.63, 3.8) is 0 Å². The Labute approximate surface area is 112 Å². The first-order valence-electron chi connectivity index (χ1n) is 5.62. The lowest BCUT2D eigenvalue weighted by molar-refractivity contribution is -0.383. The zero-order chi connectivity index (χ0) is 14.4. The van der Waals surface area contributed by atoms with E-state index < -0.39 is 21.6 Å². The lowest BCUT2D eigenvalue weighted by atomic mass is 10.1.